The van der Waals surface area contributed by atoms with E-state index in [0.29, 0.717) is 12.3 Å². The molecular formula is C23H23N3O2. The molecule has 0 spiro atoms. The molecule has 1 N–H and O–H groups in total. The average molecular weight is 373 g/mol. The second kappa shape index (κ2) is 8.13. The van der Waals surface area contributed by atoms with Gasteiger partial charge in [-0.05, 0) is 43.7 Å². The maximum absolute atomic E-state index is 6.03. The van der Waals surface area contributed by atoms with Crippen LogP contribution in [0.15, 0.2) is 66.9 Å². The fourth-order valence-corrected chi connectivity index (χ4v) is 3.05. The van der Waals surface area contributed by atoms with Crippen molar-refractivity contribution in [2.75, 3.05) is 6.61 Å². The molecule has 2 aromatic heterocycles. The molecule has 0 amide bonds. The number of aromatic amines is 1. The molecule has 28 heavy (non-hydrogen) atoms. The predicted octanol–water partition coefficient (Wildman–Crippen LogP) is 5.03. The Morgan fingerprint density at radius 1 is 0.964 bits per heavy atom. The molecule has 0 aliphatic heterocycles. The maximum atomic E-state index is 6.03. The van der Waals surface area contributed by atoms with Crippen molar-refractivity contribution in [1.82, 2.24) is 15.0 Å². The number of nitrogens with one attached hydrogen (secondary N) is 1. The third-order valence-corrected chi connectivity index (χ3v) is 4.29. The number of benzene rings is 2. The van der Waals surface area contributed by atoms with Crippen molar-refractivity contribution in [1.29, 1.82) is 0 Å². The van der Waals surface area contributed by atoms with Crippen LogP contribution >= 0.6 is 0 Å². The van der Waals surface area contributed by atoms with Gasteiger partial charge in [-0.2, -0.15) is 0 Å². The molecule has 0 aliphatic carbocycles. The minimum absolute atomic E-state index is 0.0739. The van der Waals surface area contributed by atoms with Crippen LogP contribution in [0.2, 0.25) is 0 Å². The van der Waals surface area contributed by atoms with E-state index in [9.17, 15) is 0 Å². The lowest BCUT2D eigenvalue weighted by molar-refractivity contribution is 0.240. The molecule has 0 unspecified atom stereocenters. The van der Waals surface area contributed by atoms with Crippen LogP contribution in [-0.2, 0) is 6.42 Å². The predicted molar refractivity (Wildman–Crippen MR) is 111 cm³/mol. The van der Waals surface area contributed by atoms with Crippen LogP contribution in [0.5, 0.6) is 11.5 Å². The highest BCUT2D eigenvalue weighted by Gasteiger charge is 2.11. The lowest BCUT2D eigenvalue weighted by atomic mass is 10.1. The number of hydrogen-bond donors (Lipinski definition) is 1. The lowest BCUT2D eigenvalue weighted by Gasteiger charge is -2.14. The molecular weight excluding hydrogens is 350 g/mol. The summed E-state index contributed by atoms with van der Waals surface area (Å²) < 4.78 is 11.9. The van der Waals surface area contributed by atoms with E-state index in [2.05, 4.69) is 27.1 Å². The Kier molecular flexibility index (Phi) is 5.24. The fourth-order valence-electron chi connectivity index (χ4n) is 3.05. The summed E-state index contributed by atoms with van der Waals surface area (Å²) >= 11 is 0. The van der Waals surface area contributed by atoms with Gasteiger partial charge in [0.25, 0.3) is 0 Å². The zero-order valence-electron chi connectivity index (χ0n) is 16.1. The quantitative estimate of drug-likeness (QED) is 0.493. The van der Waals surface area contributed by atoms with Gasteiger partial charge in [0.15, 0.2) is 5.65 Å². The SMILES string of the molecule is CC(C)Oc1cc(OCCc2ccccc2)cc(-c2nc3ncccc3[nH]2)c1. The Balaban J connectivity index is 1.59. The number of fused-ring (bicyclic) bond motifs is 1. The van der Waals surface area contributed by atoms with Gasteiger partial charge in [-0.15, -0.1) is 0 Å². The Morgan fingerprint density at radius 3 is 2.57 bits per heavy atom. The van der Waals surface area contributed by atoms with Crippen molar-refractivity contribution in [3.05, 3.63) is 72.4 Å². The van der Waals surface area contributed by atoms with Crippen LogP contribution in [-0.4, -0.2) is 27.7 Å². The summed E-state index contributed by atoms with van der Waals surface area (Å²) in [6.45, 7) is 4.61. The van der Waals surface area contributed by atoms with Gasteiger partial charge in [-0.25, -0.2) is 9.97 Å². The molecule has 0 saturated heterocycles. The van der Waals surface area contributed by atoms with E-state index >= 15 is 0 Å². The smallest absolute Gasteiger partial charge is 0.178 e. The van der Waals surface area contributed by atoms with E-state index in [1.165, 1.54) is 5.56 Å². The van der Waals surface area contributed by atoms with Crippen molar-refractivity contribution in [3.8, 4) is 22.9 Å². The number of aromatic nitrogens is 3. The Morgan fingerprint density at radius 2 is 1.79 bits per heavy atom. The summed E-state index contributed by atoms with van der Waals surface area (Å²) in [7, 11) is 0. The zero-order valence-corrected chi connectivity index (χ0v) is 16.1. The van der Waals surface area contributed by atoms with Gasteiger partial charge >= 0.3 is 0 Å². The highest BCUT2D eigenvalue weighted by molar-refractivity contribution is 5.76. The monoisotopic (exact) mass is 373 g/mol. The van der Waals surface area contributed by atoms with E-state index in [0.717, 1.165) is 34.8 Å². The van der Waals surface area contributed by atoms with E-state index in [4.69, 9.17) is 9.47 Å². The number of H-pyrrole nitrogens is 1. The summed E-state index contributed by atoms with van der Waals surface area (Å²) in [5.41, 5.74) is 3.75. The van der Waals surface area contributed by atoms with Gasteiger partial charge in [0.05, 0.1) is 18.2 Å². The van der Waals surface area contributed by atoms with Gasteiger partial charge in [0.1, 0.15) is 17.3 Å². The standard InChI is InChI=1S/C23H23N3O2/c1-16(2)28-20-14-18(22-25-21-9-6-11-24-23(21)26-22)13-19(15-20)27-12-10-17-7-4-3-5-8-17/h3-9,11,13-16H,10,12H2,1-2H3,(H,24,25,26). The summed E-state index contributed by atoms with van der Waals surface area (Å²) in [4.78, 5) is 12.2. The van der Waals surface area contributed by atoms with Gasteiger partial charge < -0.3 is 14.5 Å². The number of rotatable bonds is 7. The molecule has 0 bridgehead atoms. The first kappa shape index (κ1) is 18.0. The van der Waals surface area contributed by atoms with Crippen LogP contribution < -0.4 is 9.47 Å². The zero-order chi connectivity index (χ0) is 19.3. The maximum Gasteiger partial charge on any atom is 0.178 e. The average Bonchev–Trinajstić information content (AvgIpc) is 3.12. The van der Waals surface area contributed by atoms with Gasteiger partial charge in [-0.3, -0.25) is 0 Å². The van der Waals surface area contributed by atoms with Gasteiger partial charge in [-0.1, -0.05) is 30.3 Å². The van der Waals surface area contributed by atoms with Gasteiger partial charge in [0, 0.05) is 24.2 Å². The van der Waals surface area contributed by atoms with Crippen LogP contribution in [0.1, 0.15) is 19.4 Å². The van der Waals surface area contributed by atoms with Crippen LogP contribution in [0, 0.1) is 0 Å². The summed E-state index contributed by atoms with van der Waals surface area (Å²) in [6, 6.07) is 20.0. The molecule has 0 saturated carbocycles. The Bertz CT molecular complexity index is 1020. The second-order valence-corrected chi connectivity index (χ2v) is 6.90. The molecule has 0 atom stereocenters. The largest absolute Gasteiger partial charge is 0.493 e. The van der Waals surface area contributed by atoms with Crippen molar-refractivity contribution in [3.63, 3.8) is 0 Å². The van der Waals surface area contributed by atoms with Crippen molar-refractivity contribution < 1.29 is 9.47 Å². The minimum atomic E-state index is 0.0739. The molecule has 0 aliphatic rings. The summed E-state index contributed by atoms with van der Waals surface area (Å²) in [6.07, 6.45) is 2.66. The Labute approximate surface area is 164 Å². The van der Waals surface area contributed by atoms with E-state index in [1.54, 1.807) is 6.20 Å². The molecule has 5 nitrogen and oxygen atoms in total. The molecule has 4 aromatic rings. The second-order valence-electron chi connectivity index (χ2n) is 6.90. The van der Waals surface area contributed by atoms with Crippen molar-refractivity contribution >= 4 is 11.2 Å². The Hall–Kier alpha value is -3.34. The number of imidazole rings is 1. The van der Waals surface area contributed by atoms with Gasteiger partial charge in [0.2, 0.25) is 0 Å². The topological polar surface area (TPSA) is 60.0 Å². The summed E-state index contributed by atoms with van der Waals surface area (Å²) in [5.74, 6) is 2.27. The molecule has 2 heterocycles. The molecule has 0 fully saturated rings. The van der Waals surface area contributed by atoms with Crippen molar-refractivity contribution in [2.45, 2.75) is 26.4 Å². The van der Waals surface area contributed by atoms with Crippen LogP contribution in [0.25, 0.3) is 22.6 Å². The normalized spacial score (nSPS) is 11.1. The van der Waals surface area contributed by atoms with Crippen LogP contribution in [0.3, 0.4) is 0 Å². The summed E-state index contributed by atoms with van der Waals surface area (Å²) in [5, 5.41) is 0. The third kappa shape index (κ3) is 4.31. The molecule has 142 valence electrons. The first-order valence-corrected chi connectivity index (χ1v) is 9.47. The van der Waals surface area contributed by atoms with Crippen molar-refractivity contribution in [2.24, 2.45) is 0 Å². The lowest BCUT2D eigenvalue weighted by Crippen LogP contribution is -2.06. The first-order chi connectivity index (χ1) is 13.7. The molecule has 4 rings (SSSR count). The number of pyridine rings is 1. The highest BCUT2D eigenvalue weighted by atomic mass is 16.5. The number of ether oxygens (including phenoxy) is 2. The third-order valence-electron chi connectivity index (χ3n) is 4.29. The highest BCUT2D eigenvalue weighted by Crippen LogP contribution is 2.30. The van der Waals surface area contributed by atoms with E-state index < -0.39 is 0 Å². The first-order valence-electron chi connectivity index (χ1n) is 9.47. The molecule has 5 heteroatoms. The number of hydrogen-bond acceptors (Lipinski definition) is 4. The van der Waals surface area contributed by atoms with Crippen LogP contribution in [0.4, 0.5) is 0 Å². The molecule has 2 aromatic carbocycles. The minimum Gasteiger partial charge on any atom is -0.493 e. The fraction of sp³-hybridized carbons (Fsp3) is 0.217. The number of nitrogens with zero attached hydrogens (tertiary/aromatic N) is 2. The van der Waals surface area contributed by atoms with E-state index in [-0.39, 0.29) is 6.10 Å². The molecule has 0 radical (unpaired) electrons. The van der Waals surface area contributed by atoms with E-state index in [1.807, 2.05) is 62.4 Å².